The molecule has 1 fully saturated rings. The Hall–Kier alpha value is -1.20. The van der Waals surface area contributed by atoms with E-state index in [1.54, 1.807) is 18.9 Å². The first-order valence-electron chi connectivity index (χ1n) is 7.75. The molecule has 5 heteroatoms. The van der Waals surface area contributed by atoms with Gasteiger partial charge in [-0.25, -0.2) is 0 Å². The molecule has 1 amide bonds. The maximum atomic E-state index is 12.5. The van der Waals surface area contributed by atoms with Crippen LogP contribution in [0.15, 0.2) is 24.3 Å². The van der Waals surface area contributed by atoms with Gasteiger partial charge < -0.3 is 15.4 Å². The number of thioether (sulfide) groups is 1. The number of carbonyl (C=O) groups excluding carboxylic acids is 1. The molecule has 0 saturated carbocycles. The quantitative estimate of drug-likeness (QED) is 0.874. The van der Waals surface area contributed by atoms with E-state index in [2.05, 4.69) is 19.1 Å². The summed E-state index contributed by atoms with van der Waals surface area (Å²) in [6.45, 7) is 2.88. The molecule has 1 aromatic carbocycles. The standard InChI is InChI=1S/C17H26N2O2S/c1-12-10-14(13-4-6-15(21-2)7-5-13)11-19(12)17(20)16(18)8-9-22-3/h4-7,12,14,16H,8-11,18H2,1-3H3/t12?,14?,16-/m0/s1. The molecular weight excluding hydrogens is 296 g/mol. The Morgan fingerprint density at radius 1 is 1.45 bits per heavy atom. The number of methoxy groups -OCH3 is 1. The fourth-order valence-corrected chi connectivity index (χ4v) is 3.53. The van der Waals surface area contributed by atoms with Gasteiger partial charge in [0.1, 0.15) is 5.75 Å². The first kappa shape index (κ1) is 17.2. The van der Waals surface area contributed by atoms with E-state index in [-0.39, 0.29) is 18.0 Å². The molecule has 1 aromatic rings. The largest absolute Gasteiger partial charge is 0.497 e. The lowest BCUT2D eigenvalue weighted by molar-refractivity contribution is -0.133. The number of likely N-dealkylation sites (tertiary alicyclic amines) is 1. The van der Waals surface area contributed by atoms with Crippen molar-refractivity contribution in [1.29, 1.82) is 0 Å². The first-order chi connectivity index (χ1) is 10.6. The summed E-state index contributed by atoms with van der Waals surface area (Å²) in [5.41, 5.74) is 7.31. The van der Waals surface area contributed by atoms with Gasteiger partial charge in [0.15, 0.2) is 0 Å². The lowest BCUT2D eigenvalue weighted by Gasteiger charge is -2.25. The predicted octanol–water partition coefficient (Wildman–Crippen LogP) is 2.48. The van der Waals surface area contributed by atoms with Gasteiger partial charge in [-0.1, -0.05) is 12.1 Å². The van der Waals surface area contributed by atoms with Crippen molar-refractivity contribution in [3.05, 3.63) is 29.8 Å². The van der Waals surface area contributed by atoms with E-state index in [1.807, 2.05) is 23.3 Å². The van der Waals surface area contributed by atoms with E-state index >= 15 is 0 Å². The highest BCUT2D eigenvalue weighted by Gasteiger charge is 2.34. The van der Waals surface area contributed by atoms with Gasteiger partial charge in [-0.15, -0.1) is 0 Å². The highest BCUT2D eigenvalue weighted by Crippen LogP contribution is 2.32. The molecule has 0 aromatic heterocycles. The topological polar surface area (TPSA) is 55.6 Å². The normalized spacial score (nSPS) is 22.6. The van der Waals surface area contributed by atoms with Crippen LogP contribution in [0.4, 0.5) is 0 Å². The Morgan fingerprint density at radius 2 is 2.14 bits per heavy atom. The Kier molecular flexibility index (Phi) is 6.15. The van der Waals surface area contributed by atoms with Crippen molar-refractivity contribution in [2.75, 3.05) is 25.7 Å². The van der Waals surface area contributed by atoms with Crippen LogP contribution >= 0.6 is 11.8 Å². The maximum Gasteiger partial charge on any atom is 0.239 e. The third-order valence-corrected chi connectivity index (χ3v) is 5.04. The molecule has 1 aliphatic heterocycles. The molecule has 0 radical (unpaired) electrons. The Morgan fingerprint density at radius 3 is 2.73 bits per heavy atom. The number of benzene rings is 1. The molecule has 0 bridgehead atoms. The smallest absolute Gasteiger partial charge is 0.239 e. The average Bonchev–Trinajstić information content (AvgIpc) is 2.93. The molecular formula is C17H26N2O2S. The molecule has 1 aliphatic rings. The van der Waals surface area contributed by atoms with Crippen molar-refractivity contribution < 1.29 is 9.53 Å². The van der Waals surface area contributed by atoms with E-state index in [9.17, 15) is 4.79 Å². The molecule has 122 valence electrons. The van der Waals surface area contributed by atoms with Crippen LogP contribution in [-0.4, -0.2) is 48.6 Å². The molecule has 2 rings (SSSR count). The summed E-state index contributed by atoms with van der Waals surface area (Å²) in [5, 5.41) is 0. The molecule has 1 saturated heterocycles. The molecule has 3 atom stereocenters. The molecule has 2 N–H and O–H groups in total. The summed E-state index contributed by atoms with van der Waals surface area (Å²) >= 11 is 1.73. The summed E-state index contributed by atoms with van der Waals surface area (Å²) in [5.74, 6) is 2.27. The van der Waals surface area contributed by atoms with Crippen LogP contribution in [0.1, 0.15) is 31.2 Å². The number of nitrogens with two attached hydrogens (primary N) is 1. The van der Waals surface area contributed by atoms with E-state index < -0.39 is 0 Å². The summed E-state index contributed by atoms with van der Waals surface area (Å²) < 4.78 is 5.20. The number of nitrogens with zero attached hydrogens (tertiary/aromatic N) is 1. The van der Waals surface area contributed by atoms with Crippen molar-refractivity contribution in [2.45, 2.75) is 37.8 Å². The van der Waals surface area contributed by atoms with E-state index in [0.29, 0.717) is 5.92 Å². The second kappa shape index (κ2) is 7.88. The van der Waals surface area contributed by atoms with Crippen molar-refractivity contribution in [2.24, 2.45) is 5.73 Å². The monoisotopic (exact) mass is 322 g/mol. The number of carbonyl (C=O) groups is 1. The van der Waals surface area contributed by atoms with Crippen LogP contribution in [0.25, 0.3) is 0 Å². The van der Waals surface area contributed by atoms with Crippen molar-refractivity contribution in [1.82, 2.24) is 4.90 Å². The molecule has 2 unspecified atom stereocenters. The SMILES string of the molecule is COc1ccc(C2CC(C)N(C(=O)[C@@H](N)CCSC)C2)cc1. The first-order valence-corrected chi connectivity index (χ1v) is 9.15. The third kappa shape index (κ3) is 3.96. The van der Waals surface area contributed by atoms with E-state index in [1.165, 1.54) is 5.56 Å². The fraction of sp³-hybridized carbons (Fsp3) is 0.588. The summed E-state index contributed by atoms with van der Waals surface area (Å²) in [6, 6.07) is 8.03. The third-order valence-electron chi connectivity index (χ3n) is 4.40. The van der Waals surface area contributed by atoms with E-state index in [0.717, 1.165) is 30.9 Å². The number of amides is 1. The lowest BCUT2D eigenvalue weighted by Crippen LogP contribution is -2.45. The van der Waals surface area contributed by atoms with Gasteiger partial charge in [-0.05, 0) is 49.5 Å². The van der Waals surface area contributed by atoms with Gasteiger partial charge in [0.05, 0.1) is 13.2 Å². The zero-order valence-corrected chi connectivity index (χ0v) is 14.4. The minimum atomic E-state index is -0.371. The van der Waals surface area contributed by atoms with Crippen molar-refractivity contribution in [3.63, 3.8) is 0 Å². The van der Waals surface area contributed by atoms with Crippen LogP contribution in [0.5, 0.6) is 5.75 Å². The minimum Gasteiger partial charge on any atom is -0.497 e. The number of ether oxygens (including phenoxy) is 1. The number of rotatable bonds is 6. The van der Waals surface area contributed by atoms with Gasteiger partial charge in [0.2, 0.25) is 5.91 Å². The zero-order chi connectivity index (χ0) is 16.1. The highest BCUT2D eigenvalue weighted by molar-refractivity contribution is 7.98. The molecule has 0 aliphatic carbocycles. The van der Waals surface area contributed by atoms with Gasteiger partial charge in [-0.2, -0.15) is 11.8 Å². The van der Waals surface area contributed by atoms with E-state index in [4.69, 9.17) is 10.5 Å². The molecule has 0 spiro atoms. The molecule has 22 heavy (non-hydrogen) atoms. The Bertz CT molecular complexity index is 492. The number of hydrogen-bond donors (Lipinski definition) is 1. The van der Waals surface area contributed by atoms with Gasteiger partial charge in [-0.3, -0.25) is 4.79 Å². The summed E-state index contributed by atoms with van der Waals surface area (Å²) in [7, 11) is 1.67. The lowest BCUT2D eigenvalue weighted by atomic mass is 9.97. The van der Waals surface area contributed by atoms with Gasteiger partial charge >= 0.3 is 0 Å². The highest BCUT2D eigenvalue weighted by atomic mass is 32.2. The molecule has 4 nitrogen and oxygen atoms in total. The fourth-order valence-electron chi connectivity index (χ4n) is 3.04. The van der Waals surface area contributed by atoms with Crippen LogP contribution in [0.3, 0.4) is 0 Å². The van der Waals surface area contributed by atoms with Gasteiger partial charge in [0, 0.05) is 18.5 Å². The van der Waals surface area contributed by atoms with Gasteiger partial charge in [0.25, 0.3) is 0 Å². The molecule has 1 heterocycles. The van der Waals surface area contributed by atoms with Crippen molar-refractivity contribution in [3.8, 4) is 5.75 Å². The number of hydrogen-bond acceptors (Lipinski definition) is 4. The average molecular weight is 322 g/mol. The second-order valence-electron chi connectivity index (χ2n) is 5.93. The predicted molar refractivity (Wildman–Crippen MR) is 92.5 cm³/mol. The minimum absolute atomic E-state index is 0.0950. The van der Waals surface area contributed by atoms with Crippen LogP contribution in [0.2, 0.25) is 0 Å². The van der Waals surface area contributed by atoms with Crippen molar-refractivity contribution >= 4 is 17.7 Å². The summed E-state index contributed by atoms with van der Waals surface area (Å²) in [4.78, 5) is 14.5. The van der Waals surface area contributed by atoms with Crippen LogP contribution in [0, 0.1) is 0 Å². The Balaban J connectivity index is 2.00. The Labute approximate surface area is 137 Å². The summed E-state index contributed by atoms with van der Waals surface area (Å²) in [6.07, 6.45) is 3.78. The zero-order valence-electron chi connectivity index (χ0n) is 13.6. The second-order valence-corrected chi connectivity index (χ2v) is 6.92. The maximum absolute atomic E-state index is 12.5. The van der Waals surface area contributed by atoms with Crippen LogP contribution in [-0.2, 0) is 4.79 Å². The van der Waals surface area contributed by atoms with Crippen LogP contribution < -0.4 is 10.5 Å².